The van der Waals surface area contributed by atoms with E-state index >= 15 is 0 Å². The second kappa shape index (κ2) is 8.06. The summed E-state index contributed by atoms with van der Waals surface area (Å²) in [6.07, 6.45) is 2.25. The number of halogens is 2. The van der Waals surface area contributed by atoms with Crippen LogP contribution in [-0.4, -0.2) is 35.3 Å². The highest BCUT2D eigenvalue weighted by Crippen LogP contribution is 2.48. The fourth-order valence-electron chi connectivity index (χ4n) is 3.05. The molecule has 0 radical (unpaired) electrons. The first-order chi connectivity index (χ1) is 13.6. The SMILES string of the molecule is O=C(O)CN1/C(=C/c2sc3c([n+]2CS(=O)(=O)O)CC(Cl)S3)Sc2ccc(Br)cc21. The molecule has 1 aromatic heterocycles. The molecule has 2 aliphatic rings. The zero-order chi connectivity index (χ0) is 20.9. The summed E-state index contributed by atoms with van der Waals surface area (Å²) in [7, 11) is -4.27. The lowest BCUT2D eigenvalue weighted by Crippen LogP contribution is -2.42. The number of carbonyl (C=O) groups is 1. The average Bonchev–Trinajstić information content (AvgIpc) is 3.20. The topological polar surface area (TPSA) is 98.8 Å². The molecule has 1 unspecified atom stereocenters. The van der Waals surface area contributed by atoms with Gasteiger partial charge in [-0.25, -0.2) is 0 Å². The predicted molar refractivity (Wildman–Crippen MR) is 118 cm³/mol. The standard InChI is InChI=1S/C16H12BrClN2O5S4/c17-8-1-2-11-9(3-8)19(6-15(21)22)13(26-11)5-14-20(7-29(23,24)25)10-4-12(18)27-16(10)28-14/h1-3,5,12H,4,6-7H2,(H-,21,22,23,24,25)/p+1. The maximum absolute atomic E-state index is 11.6. The van der Waals surface area contributed by atoms with Crippen molar-refractivity contribution < 1.29 is 27.4 Å². The third-order valence-electron chi connectivity index (χ3n) is 4.14. The van der Waals surface area contributed by atoms with Crippen LogP contribution in [0.3, 0.4) is 0 Å². The van der Waals surface area contributed by atoms with Gasteiger partial charge in [-0.3, -0.25) is 9.35 Å². The van der Waals surface area contributed by atoms with E-state index in [0.717, 1.165) is 25.0 Å². The van der Waals surface area contributed by atoms with E-state index in [9.17, 15) is 22.9 Å². The quantitative estimate of drug-likeness (QED) is 0.326. The second-order valence-corrected chi connectivity index (χ2v) is 12.9. The van der Waals surface area contributed by atoms with E-state index in [1.165, 1.54) is 39.4 Å². The van der Waals surface area contributed by atoms with E-state index < -0.39 is 22.0 Å². The van der Waals surface area contributed by atoms with Crippen LogP contribution in [0.1, 0.15) is 10.7 Å². The maximum atomic E-state index is 11.6. The Morgan fingerprint density at radius 1 is 1.45 bits per heavy atom. The van der Waals surface area contributed by atoms with Crippen LogP contribution >= 0.6 is 62.4 Å². The largest absolute Gasteiger partial charge is 0.480 e. The van der Waals surface area contributed by atoms with Crippen molar-refractivity contribution in [2.24, 2.45) is 0 Å². The minimum absolute atomic E-state index is 0.184. The van der Waals surface area contributed by atoms with Crippen LogP contribution in [0, 0.1) is 0 Å². The van der Waals surface area contributed by atoms with E-state index in [1.807, 2.05) is 18.2 Å². The van der Waals surface area contributed by atoms with Gasteiger partial charge in [0.25, 0.3) is 10.9 Å². The Hall–Kier alpha value is -0.760. The lowest BCUT2D eigenvalue weighted by Gasteiger charge is -2.17. The molecule has 0 spiro atoms. The van der Waals surface area contributed by atoms with Gasteiger partial charge in [0.15, 0.2) is 0 Å². The highest BCUT2D eigenvalue weighted by atomic mass is 79.9. The zero-order valence-electron chi connectivity index (χ0n) is 14.4. The number of alkyl halides is 1. The number of benzene rings is 1. The van der Waals surface area contributed by atoms with Crippen LogP contribution in [0.2, 0.25) is 0 Å². The van der Waals surface area contributed by atoms with Gasteiger partial charge in [-0.15, -0.1) is 11.6 Å². The monoisotopic (exact) mass is 555 g/mol. The van der Waals surface area contributed by atoms with Crippen molar-refractivity contribution >= 4 is 90.2 Å². The van der Waals surface area contributed by atoms with Gasteiger partial charge in [-0.2, -0.15) is 13.0 Å². The molecule has 0 bridgehead atoms. The van der Waals surface area contributed by atoms with Crippen molar-refractivity contribution in [3.63, 3.8) is 0 Å². The van der Waals surface area contributed by atoms with Gasteiger partial charge in [0.1, 0.15) is 10.8 Å². The second-order valence-electron chi connectivity index (χ2n) is 6.22. The number of nitrogens with zero attached hydrogens (tertiary/aromatic N) is 2. The van der Waals surface area contributed by atoms with Crippen molar-refractivity contribution in [2.75, 3.05) is 11.4 Å². The number of thioether (sulfide) groups is 2. The number of fused-ring (bicyclic) bond motifs is 2. The summed E-state index contributed by atoms with van der Waals surface area (Å²) in [6.45, 7) is -0.232. The van der Waals surface area contributed by atoms with Gasteiger partial charge < -0.3 is 10.0 Å². The lowest BCUT2D eigenvalue weighted by molar-refractivity contribution is -0.683. The van der Waals surface area contributed by atoms with Gasteiger partial charge in [-0.1, -0.05) is 50.8 Å². The molecule has 29 heavy (non-hydrogen) atoms. The molecule has 0 aliphatic carbocycles. The maximum Gasteiger partial charge on any atom is 0.326 e. The number of hydrogen-bond donors (Lipinski definition) is 2. The molecule has 2 aromatic rings. The van der Waals surface area contributed by atoms with Gasteiger partial charge in [-0.05, 0) is 18.2 Å². The molecule has 4 rings (SSSR count). The first-order valence-corrected chi connectivity index (χ1v) is 13.5. The molecule has 0 amide bonds. The van der Waals surface area contributed by atoms with Crippen molar-refractivity contribution in [3.8, 4) is 0 Å². The number of anilines is 1. The number of thiazole rings is 1. The molecule has 0 saturated carbocycles. The smallest absolute Gasteiger partial charge is 0.326 e. The van der Waals surface area contributed by atoms with E-state index in [0.29, 0.717) is 16.5 Å². The van der Waals surface area contributed by atoms with Crippen LogP contribution in [0.25, 0.3) is 6.08 Å². The fraction of sp³-hybridized carbons (Fsp3) is 0.250. The summed E-state index contributed by atoms with van der Waals surface area (Å²) in [6, 6.07) is 5.62. The van der Waals surface area contributed by atoms with E-state index in [-0.39, 0.29) is 11.3 Å². The van der Waals surface area contributed by atoms with E-state index in [4.69, 9.17) is 11.6 Å². The number of carboxylic acids is 1. The fourth-order valence-corrected chi connectivity index (χ4v) is 8.38. The van der Waals surface area contributed by atoms with Crippen molar-refractivity contribution in [1.82, 2.24) is 0 Å². The van der Waals surface area contributed by atoms with Gasteiger partial charge in [0.05, 0.1) is 27.9 Å². The van der Waals surface area contributed by atoms with Crippen LogP contribution in [0.5, 0.6) is 0 Å². The number of hydrogen-bond acceptors (Lipinski definition) is 7. The molecule has 154 valence electrons. The van der Waals surface area contributed by atoms with Crippen LogP contribution in [-0.2, 0) is 27.2 Å². The molecule has 2 N–H and O–H groups in total. The lowest BCUT2D eigenvalue weighted by atomic mass is 10.3. The molecule has 1 atom stereocenters. The third kappa shape index (κ3) is 4.63. The Balaban J connectivity index is 1.79. The molecule has 2 aliphatic heterocycles. The summed E-state index contributed by atoms with van der Waals surface area (Å²) >= 11 is 13.8. The Bertz CT molecular complexity index is 1150. The highest BCUT2D eigenvalue weighted by molar-refractivity contribution is 9.10. The predicted octanol–water partition coefficient (Wildman–Crippen LogP) is 3.85. The molecule has 13 heteroatoms. The minimum Gasteiger partial charge on any atom is -0.480 e. The third-order valence-corrected chi connectivity index (χ3v) is 9.13. The first kappa shape index (κ1) is 21.5. The van der Waals surface area contributed by atoms with Crippen molar-refractivity contribution in [2.45, 2.75) is 26.1 Å². The number of carboxylic acid groups (broad SMARTS) is 1. The number of rotatable bonds is 5. The van der Waals surface area contributed by atoms with E-state index in [1.54, 1.807) is 11.0 Å². The van der Waals surface area contributed by atoms with Gasteiger partial charge in [0, 0.05) is 9.37 Å². The molecular formula is C16H13BrClN2O5S4+. The normalized spacial score (nSPS) is 19.6. The Morgan fingerprint density at radius 3 is 2.90 bits per heavy atom. The molecule has 0 saturated heterocycles. The first-order valence-electron chi connectivity index (χ1n) is 8.10. The molecule has 3 heterocycles. The number of aliphatic carboxylic acids is 1. The molecule has 7 nitrogen and oxygen atoms in total. The minimum atomic E-state index is -4.27. The number of aromatic nitrogens is 1. The van der Waals surface area contributed by atoms with Crippen LogP contribution in [0.4, 0.5) is 5.69 Å². The van der Waals surface area contributed by atoms with Crippen LogP contribution in [0.15, 0.2) is 36.8 Å². The van der Waals surface area contributed by atoms with Crippen molar-refractivity contribution in [3.05, 3.63) is 38.4 Å². The summed E-state index contributed by atoms with van der Waals surface area (Å²) in [5, 5.41) is 10.6. The van der Waals surface area contributed by atoms with Crippen LogP contribution < -0.4 is 9.47 Å². The summed E-state index contributed by atoms with van der Waals surface area (Å²) in [5.74, 6) is -1.56. The summed E-state index contributed by atoms with van der Waals surface area (Å²) in [4.78, 5) is 14.0. The van der Waals surface area contributed by atoms with Gasteiger partial charge >= 0.3 is 16.1 Å². The highest BCUT2D eigenvalue weighted by Gasteiger charge is 2.37. The molecule has 0 fully saturated rings. The zero-order valence-corrected chi connectivity index (χ0v) is 20.0. The van der Waals surface area contributed by atoms with Gasteiger partial charge in [0.2, 0.25) is 5.69 Å². The summed E-state index contributed by atoms with van der Waals surface area (Å²) in [5.41, 5.74) is 1.52. The molecule has 1 aromatic carbocycles. The van der Waals surface area contributed by atoms with Crippen molar-refractivity contribution in [1.29, 1.82) is 0 Å². The Morgan fingerprint density at radius 2 is 2.21 bits per heavy atom. The average molecular weight is 557 g/mol. The molecular weight excluding hydrogens is 544 g/mol. The summed E-state index contributed by atoms with van der Waals surface area (Å²) < 4.78 is 35.6. The van der Waals surface area contributed by atoms with E-state index in [2.05, 4.69) is 15.9 Å². The Kier molecular flexibility index (Phi) is 5.97. The Labute approximate surface area is 192 Å².